The maximum Gasteiger partial charge on any atom is 0.198 e. The van der Waals surface area contributed by atoms with Crippen molar-refractivity contribution in [3.8, 4) is 0 Å². The summed E-state index contributed by atoms with van der Waals surface area (Å²) in [5.74, 6) is -8.54. The Morgan fingerprint density at radius 1 is 0.733 bits per heavy atom. The topological polar surface area (TPSA) is 0 Å². The summed E-state index contributed by atoms with van der Waals surface area (Å²) in [5.41, 5.74) is 0. The van der Waals surface area contributed by atoms with Crippen LogP contribution < -0.4 is 0 Å². The van der Waals surface area contributed by atoms with Gasteiger partial charge in [-0.3, -0.25) is 0 Å². The van der Waals surface area contributed by atoms with Crippen LogP contribution in [-0.4, -0.2) is 0 Å². The van der Waals surface area contributed by atoms with Crippen LogP contribution in [-0.2, 0) is 0 Å². The van der Waals surface area contributed by atoms with E-state index in [9.17, 15) is 22.0 Å². The molecule has 0 aliphatic carbocycles. The number of benzene rings is 2. The van der Waals surface area contributed by atoms with Gasteiger partial charge in [0.1, 0.15) is 5.82 Å². The van der Waals surface area contributed by atoms with Crippen molar-refractivity contribution in [2.75, 3.05) is 0 Å². The van der Waals surface area contributed by atoms with E-state index in [0.717, 1.165) is 6.07 Å². The van der Waals surface area contributed by atoms with Crippen molar-refractivity contribution in [2.45, 2.75) is 0 Å². The zero-order valence-corrected chi connectivity index (χ0v) is 7.04. The minimum absolute atomic E-state index is 0.675. The van der Waals surface area contributed by atoms with Crippen LogP contribution in [0.3, 0.4) is 0 Å². The molecular weight excluding hydrogens is 215 g/mol. The van der Waals surface area contributed by atoms with Crippen molar-refractivity contribution >= 4 is 10.8 Å². The van der Waals surface area contributed by atoms with E-state index >= 15 is 0 Å². The van der Waals surface area contributed by atoms with E-state index in [-0.39, 0.29) is 0 Å². The predicted molar refractivity (Wildman–Crippen MR) is 42.6 cm³/mol. The molecule has 1 radical (unpaired) electrons. The molecule has 2 aromatic rings. The molecular formula is C10H2F5. The van der Waals surface area contributed by atoms with Gasteiger partial charge >= 0.3 is 0 Å². The van der Waals surface area contributed by atoms with E-state index in [1.165, 1.54) is 0 Å². The van der Waals surface area contributed by atoms with Gasteiger partial charge in [0.05, 0.1) is 5.39 Å². The standard InChI is InChI=1S/C10H2F5/c11-5-3-1-2-4-6(5)8(13)10(15)9(14)7(4)12/h2-3H. The van der Waals surface area contributed by atoms with Crippen LogP contribution in [0, 0.1) is 35.2 Å². The van der Waals surface area contributed by atoms with Crippen molar-refractivity contribution in [3.05, 3.63) is 47.3 Å². The maximum absolute atomic E-state index is 13.1. The van der Waals surface area contributed by atoms with E-state index in [1.807, 2.05) is 0 Å². The third-order valence-electron chi connectivity index (χ3n) is 1.98. The van der Waals surface area contributed by atoms with Gasteiger partial charge in [0, 0.05) is 5.39 Å². The first-order chi connectivity index (χ1) is 7.04. The van der Waals surface area contributed by atoms with Gasteiger partial charge in [0.25, 0.3) is 0 Å². The van der Waals surface area contributed by atoms with E-state index < -0.39 is 39.9 Å². The fourth-order valence-corrected chi connectivity index (χ4v) is 1.29. The first kappa shape index (κ1) is 9.89. The van der Waals surface area contributed by atoms with Gasteiger partial charge in [0.15, 0.2) is 23.3 Å². The summed E-state index contributed by atoms with van der Waals surface area (Å²) >= 11 is 0. The molecule has 0 heterocycles. The Bertz CT molecular complexity index is 547. The third-order valence-corrected chi connectivity index (χ3v) is 1.98. The van der Waals surface area contributed by atoms with E-state index in [0.29, 0.717) is 6.07 Å². The molecule has 2 rings (SSSR count). The van der Waals surface area contributed by atoms with Crippen molar-refractivity contribution in [2.24, 2.45) is 0 Å². The van der Waals surface area contributed by atoms with Crippen LogP contribution in [0.2, 0.25) is 0 Å². The molecule has 5 heteroatoms. The van der Waals surface area contributed by atoms with Crippen LogP contribution >= 0.6 is 0 Å². The lowest BCUT2D eigenvalue weighted by Gasteiger charge is -2.04. The fourth-order valence-electron chi connectivity index (χ4n) is 1.29. The number of fused-ring (bicyclic) bond motifs is 1. The molecule has 0 saturated heterocycles. The second-order valence-corrected chi connectivity index (χ2v) is 2.85. The van der Waals surface area contributed by atoms with E-state index in [2.05, 4.69) is 6.07 Å². The molecule has 0 aliphatic heterocycles. The van der Waals surface area contributed by atoms with Crippen molar-refractivity contribution in [3.63, 3.8) is 0 Å². The van der Waals surface area contributed by atoms with Crippen LogP contribution in [0.1, 0.15) is 0 Å². The van der Waals surface area contributed by atoms with Crippen molar-refractivity contribution < 1.29 is 22.0 Å². The Balaban J connectivity index is 3.08. The quantitative estimate of drug-likeness (QED) is 0.360. The van der Waals surface area contributed by atoms with Gasteiger partial charge in [-0.05, 0) is 18.2 Å². The Kier molecular flexibility index (Phi) is 2.10. The summed E-state index contributed by atoms with van der Waals surface area (Å²) < 4.78 is 64.6. The minimum Gasteiger partial charge on any atom is -0.206 e. The Morgan fingerprint density at radius 2 is 1.33 bits per heavy atom. The SMILES string of the molecule is Fc1c(F)c(F)c2c(F)c[c]cc2c1F. The maximum atomic E-state index is 13.1. The molecule has 2 aromatic carbocycles. The highest BCUT2D eigenvalue weighted by Gasteiger charge is 2.22. The number of halogens is 5. The molecule has 0 bridgehead atoms. The Labute approximate surface area is 80.9 Å². The molecule has 0 unspecified atom stereocenters. The van der Waals surface area contributed by atoms with Gasteiger partial charge in [-0.2, -0.15) is 0 Å². The number of rotatable bonds is 0. The lowest BCUT2D eigenvalue weighted by atomic mass is 10.1. The summed E-state index contributed by atoms with van der Waals surface area (Å²) in [5, 5.41) is -1.59. The van der Waals surface area contributed by atoms with Crippen molar-refractivity contribution in [1.82, 2.24) is 0 Å². The Morgan fingerprint density at radius 3 is 2.00 bits per heavy atom. The van der Waals surface area contributed by atoms with Crippen LogP contribution in [0.25, 0.3) is 10.8 Å². The lowest BCUT2D eigenvalue weighted by molar-refractivity contribution is 0.416. The summed E-state index contributed by atoms with van der Waals surface area (Å²) in [6.07, 6.45) is 0. The molecule has 0 spiro atoms. The van der Waals surface area contributed by atoms with Crippen LogP contribution in [0.5, 0.6) is 0 Å². The number of hydrogen-bond donors (Lipinski definition) is 0. The summed E-state index contributed by atoms with van der Waals surface area (Å²) in [7, 11) is 0. The van der Waals surface area contributed by atoms with Crippen LogP contribution in [0.4, 0.5) is 22.0 Å². The zero-order valence-electron chi connectivity index (χ0n) is 7.04. The molecule has 0 atom stereocenters. The zero-order chi connectivity index (χ0) is 11.2. The summed E-state index contributed by atoms with van der Waals surface area (Å²) in [6.45, 7) is 0. The molecule has 0 nitrogen and oxygen atoms in total. The summed E-state index contributed by atoms with van der Waals surface area (Å²) in [6, 6.07) is 3.70. The van der Waals surface area contributed by atoms with Crippen LogP contribution in [0.15, 0.2) is 12.1 Å². The largest absolute Gasteiger partial charge is 0.206 e. The minimum atomic E-state index is -2.02. The fraction of sp³-hybridized carbons (Fsp3) is 0. The molecule has 0 aliphatic rings. The Hall–Kier alpha value is -1.65. The van der Waals surface area contributed by atoms with Gasteiger partial charge in [-0.15, -0.1) is 0 Å². The summed E-state index contributed by atoms with van der Waals surface area (Å²) in [4.78, 5) is 0. The molecule has 0 N–H and O–H groups in total. The smallest absolute Gasteiger partial charge is 0.198 e. The van der Waals surface area contributed by atoms with Gasteiger partial charge in [0.2, 0.25) is 0 Å². The van der Waals surface area contributed by atoms with E-state index in [1.54, 1.807) is 0 Å². The van der Waals surface area contributed by atoms with Gasteiger partial charge in [-0.1, -0.05) is 0 Å². The lowest BCUT2D eigenvalue weighted by Crippen LogP contribution is -1.99. The monoisotopic (exact) mass is 217 g/mol. The highest BCUT2D eigenvalue weighted by Crippen LogP contribution is 2.28. The van der Waals surface area contributed by atoms with Crippen molar-refractivity contribution in [1.29, 1.82) is 0 Å². The predicted octanol–water partition coefficient (Wildman–Crippen LogP) is 3.34. The normalized spacial score (nSPS) is 11.0. The molecule has 0 aromatic heterocycles. The second kappa shape index (κ2) is 3.18. The molecule has 15 heavy (non-hydrogen) atoms. The molecule has 0 saturated carbocycles. The molecule has 77 valence electrons. The molecule has 0 fully saturated rings. The second-order valence-electron chi connectivity index (χ2n) is 2.85. The highest BCUT2D eigenvalue weighted by molar-refractivity contribution is 5.84. The van der Waals surface area contributed by atoms with E-state index in [4.69, 9.17) is 0 Å². The van der Waals surface area contributed by atoms with Gasteiger partial charge < -0.3 is 0 Å². The highest BCUT2D eigenvalue weighted by atomic mass is 19.2. The first-order valence-corrected chi connectivity index (χ1v) is 3.85. The average molecular weight is 217 g/mol. The third kappa shape index (κ3) is 1.26. The van der Waals surface area contributed by atoms with Gasteiger partial charge in [-0.25, -0.2) is 22.0 Å². The first-order valence-electron chi connectivity index (χ1n) is 3.85. The molecule has 0 amide bonds. The number of hydrogen-bond acceptors (Lipinski definition) is 0. The average Bonchev–Trinajstić information content (AvgIpc) is 2.23.